The molecule has 0 bridgehead atoms. The molecule has 0 fully saturated rings. The molecule has 0 aliphatic rings. The number of carbonyl (C=O) groups excluding carboxylic acids is 1. The van der Waals surface area contributed by atoms with Crippen LogP contribution in [0.15, 0.2) is 24.3 Å². The van der Waals surface area contributed by atoms with Crippen molar-refractivity contribution in [3.05, 3.63) is 29.8 Å². The standard InChI is InChI=1S/C15H24N2O3/c1-4-16-9-13-7-5-6-8-14(13)20-11-15(18)17-12(2)10-19-3/h5-8,12,16H,4,9-11H2,1-3H3,(H,17,18). The third-order valence-electron chi connectivity index (χ3n) is 2.72. The summed E-state index contributed by atoms with van der Waals surface area (Å²) in [4.78, 5) is 11.7. The monoisotopic (exact) mass is 280 g/mol. The second-order valence-corrected chi connectivity index (χ2v) is 4.60. The zero-order chi connectivity index (χ0) is 14.8. The molecule has 1 atom stereocenters. The number of rotatable bonds is 9. The molecule has 0 spiro atoms. The first-order valence-corrected chi connectivity index (χ1v) is 6.87. The van der Waals surface area contributed by atoms with Gasteiger partial charge < -0.3 is 20.1 Å². The predicted molar refractivity (Wildman–Crippen MR) is 78.8 cm³/mol. The summed E-state index contributed by atoms with van der Waals surface area (Å²) in [6.45, 7) is 6.06. The van der Waals surface area contributed by atoms with Crippen LogP contribution in [0.5, 0.6) is 5.75 Å². The summed E-state index contributed by atoms with van der Waals surface area (Å²) < 4.78 is 10.5. The SMILES string of the molecule is CCNCc1ccccc1OCC(=O)NC(C)COC. The molecule has 0 radical (unpaired) electrons. The second-order valence-electron chi connectivity index (χ2n) is 4.60. The molecule has 112 valence electrons. The molecule has 1 unspecified atom stereocenters. The Hall–Kier alpha value is -1.59. The zero-order valence-corrected chi connectivity index (χ0v) is 12.4. The summed E-state index contributed by atoms with van der Waals surface area (Å²) in [5.41, 5.74) is 1.05. The normalized spacial score (nSPS) is 11.9. The first-order chi connectivity index (χ1) is 9.67. The number of hydrogen-bond acceptors (Lipinski definition) is 4. The van der Waals surface area contributed by atoms with Gasteiger partial charge in [-0.15, -0.1) is 0 Å². The van der Waals surface area contributed by atoms with E-state index in [1.165, 1.54) is 0 Å². The smallest absolute Gasteiger partial charge is 0.258 e. The molecule has 1 aromatic rings. The van der Waals surface area contributed by atoms with Crippen molar-refractivity contribution >= 4 is 5.91 Å². The van der Waals surface area contributed by atoms with Crippen LogP contribution in [0.3, 0.4) is 0 Å². The lowest BCUT2D eigenvalue weighted by Crippen LogP contribution is -2.38. The number of para-hydroxylation sites is 1. The predicted octanol–water partition coefficient (Wildman–Crippen LogP) is 1.33. The average molecular weight is 280 g/mol. The van der Waals surface area contributed by atoms with E-state index >= 15 is 0 Å². The fraction of sp³-hybridized carbons (Fsp3) is 0.533. The maximum absolute atomic E-state index is 11.7. The van der Waals surface area contributed by atoms with E-state index in [2.05, 4.69) is 10.6 Å². The molecule has 1 amide bonds. The van der Waals surface area contributed by atoms with Crippen molar-refractivity contribution in [1.82, 2.24) is 10.6 Å². The van der Waals surface area contributed by atoms with Crippen LogP contribution in [-0.4, -0.2) is 38.8 Å². The Labute approximate surface area is 120 Å². The highest BCUT2D eigenvalue weighted by Gasteiger charge is 2.09. The van der Waals surface area contributed by atoms with Gasteiger partial charge in [0.25, 0.3) is 5.91 Å². The average Bonchev–Trinajstić information content (AvgIpc) is 2.44. The van der Waals surface area contributed by atoms with Crippen LogP contribution in [0.25, 0.3) is 0 Å². The molecular formula is C15H24N2O3. The minimum Gasteiger partial charge on any atom is -0.483 e. The van der Waals surface area contributed by atoms with E-state index < -0.39 is 0 Å². The number of carbonyl (C=O) groups is 1. The number of ether oxygens (including phenoxy) is 2. The molecule has 2 N–H and O–H groups in total. The number of benzene rings is 1. The van der Waals surface area contributed by atoms with Crippen LogP contribution in [0.1, 0.15) is 19.4 Å². The molecule has 0 aromatic heterocycles. The van der Waals surface area contributed by atoms with E-state index in [1.807, 2.05) is 38.1 Å². The molecule has 0 heterocycles. The largest absolute Gasteiger partial charge is 0.483 e. The third-order valence-corrected chi connectivity index (χ3v) is 2.72. The van der Waals surface area contributed by atoms with Crippen molar-refractivity contribution in [2.75, 3.05) is 26.9 Å². The number of hydrogen-bond donors (Lipinski definition) is 2. The van der Waals surface area contributed by atoms with Crippen molar-refractivity contribution in [3.63, 3.8) is 0 Å². The van der Waals surface area contributed by atoms with Gasteiger partial charge in [0, 0.05) is 25.3 Å². The van der Waals surface area contributed by atoms with Gasteiger partial charge in [-0.25, -0.2) is 0 Å². The van der Waals surface area contributed by atoms with Crippen LogP contribution in [0, 0.1) is 0 Å². The Morgan fingerprint density at radius 3 is 2.80 bits per heavy atom. The molecule has 0 saturated carbocycles. The summed E-state index contributed by atoms with van der Waals surface area (Å²) >= 11 is 0. The summed E-state index contributed by atoms with van der Waals surface area (Å²) in [6, 6.07) is 7.70. The molecule has 0 saturated heterocycles. The first-order valence-electron chi connectivity index (χ1n) is 6.87. The van der Waals surface area contributed by atoms with Crippen LogP contribution < -0.4 is 15.4 Å². The number of methoxy groups -OCH3 is 1. The van der Waals surface area contributed by atoms with E-state index in [1.54, 1.807) is 7.11 Å². The number of nitrogens with one attached hydrogen (secondary N) is 2. The topological polar surface area (TPSA) is 59.6 Å². The molecule has 0 aliphatic carbocycles. The van der Waals surface area contributed by atoms with Gasteiger partial charge in [-0.1, -0.05) is 25.1 Å². The Balaban J connectivity index is 2.46. The highest BCUT2D eigenvalue weighted by molar-refractivity contribution is 5.77. The van der Waals surface area contributed by atoms with Crippen LogP contribution >= 0.6 is 0 Å². The summed E-state index contributed by atoms with van der Waals surface area (Å²) in [7, 11) is 1.61. The quantitative estimate of drug-likeness (QED) is 0.716. The lowest BCUT2D eigenvalue weighted by Gasteiger charge is -2.14. The molecular weight excluding hydrogens is 256 g/mol. The lowest BCUT2D eigenvalue weighted by molar-refractivity contribution is -0.124. The molecule has 0 aliphatic heterocycles. The van der Waals surface area contributed by atoms with E-state index in [0.717, 1.165) is 24.4 Å². The van der Waals surface area contributed by atoms with Crippen LogP contribution in [0.4, 0.5) is 0 Å². The Kier molecular flexibility index (Phi) is 7.69. The van der Waals surface area contributed by atoms with Gasteiger partial charge in [-0.2, -0.15) is 0 Å². The second kappa shape index (κ2) is 9.34. The van der Waals surface area contributed by atoms with Crippen LogP contribution in [-0.2, 0) is 16.1 Å². The van der Waals surface area contributed by atoms with Gasteiger partial charge in [0.05, 0.1) is 6.61 Å². The minimum atomic E-state index is -0.146. The lowest BCUT2D eigenvalue weighted by atomic mass is 10.2. The van der Waals surface area contributed by atoms with Crippen molar-refractivity contribution in [2.45, 2.75) is 26.4 Å². The van der Waals surface area contributed by atoms with Crippen molar-refractivity contribution in [3.8, 4) is 5.75 Å². The van der Waals surface area contributed by atoms with Gasteiger partial charge in [-0.05, 0) is 19.5 Å². The fourth-order valence-electron chi connectivity index (χ4n) is 1.80. The molecule has 5 heteroatoms. The van der Waals surface area contributed by atoms with E-state index in [0.29, 0.717) is 6.61 Å². The zero-order valence-electron chi connectivity index (χ0n) is 12.4. The van der Waals surface area contributed by atoms with Gasteiger partial charge in [0.15, 0.2) is 6.61 Å². The minimum absolute atomic E-state index is 0.0111. The van der Waals surface area contributed by atoms with Crippen molar-refractivity contribution < 1.29 is 14.3 Å². The highest BCUT2D eigenvalue weighted by atomic mass is 16.5. The van der Waals surface area contributed by atoms with Crippen LogP contribution in [0.2, 0.25) is 0 Å². The van der Waals surface area contributed by atoms with E-state index in [4.69, 9.17) is 9.47 Å². The Morgan fingerprint density at radius 1 is 1.35 bits per heavy atom. The maximum Gasteiger partial charge on any atom is 0.258 e. The summed E-state index contributed by atoms with van der Waals surface area (Å²) in [5.74, 6) is 0.593. The molecule has 5 nitrogen and oxygen atoms in total. The van der Waals surface area contributed by atoms with Gasteiger partial charge in [-0.3, -0.25) is 4.79 Å². The third kappa shape index (κ3) is 6.04. The van der Waals surface area contributed by atoms with Gasteiger partial charge in [0.2, 0.25) is 0 Å². The van der Waals surface area contributed by atoms with E-state index in [9.17, 15) is 4.79 Å². The maximum atomic E-state index is 11.7. The van der Waals surface area contributed by atoms with Crippen molar-refractivity contribution in [2.24, 2.45) is 0 Å². The molecule has 1 aromatic carbocycles. The molecule has 20 heavy (non-hydrogen) atoms. The van der Waals surface area contributed by atoms with Gasteiger partial charge in [0.1, 0.15) is 5.75 Å². The Bertz CT molecular complexity index is 410. The van der Waals surface area contributed by atoms with E-state index in [-0.39, 0.29) is 18.6 Å². The summed E-state index contributed by atoms with van der Waals surface area (Å²) in [6.07, 6.45) is 0. The fourth-order valence-corrected chi connectivity index (χ4v) is 1.80. The van der Waals surface area contributed by atoms with Gasteiger partial charge >= 0.3 is 0 Å². The number of amides is 1. The first kappa shape index (κ1) is 16.5. The molecule has 1 rings (SSSR count). The highest BCUT2D eigenvalue weighted by Crippen LogP contribution is 2.17. The summed E-state index contributed by atoms with van der Waals surface area (Å²) in [5, 5.41) is 6.05. The Morgan fingerprint density at radius 2 is 2.10 bits per heavy atom. The van der Waals surface area contributed by atoms with Crippen molar-refractivity contribution in [1.29, 1.82) is 0 Å².